The van der Waals surface area contributed by atoms with Crippen molar-refractivity contribution in [2.24, 2.45) is 0 Å². The van der Waals surface area contributed by atoms with Crippen molar-refractivity contribution in [3.63, 3.8) is 0 Å². The summed E-state index contributed by atoms with van der Waals surface area (Å²) in [5.41, 5.74) is 0. The van der Waals surface area contributed by atoms with E-state index in [-0.39, 0.29) is 67.0 Å². The van der Waals surface area contributed by atoms with Crippen LogP contribution in [0.4, 0.5) is 0 Å². The molecule has 0 atom stereocenters. The quantitative estimate of drug-likeness (QED) is 0.239. The van der Waals surface area contributed by atoms with Gasteiger partial charge in [0.2, 0.25) is 0 Å². The second-order valence-electron chi connectivity index (χ2n) is 0.408. The molecule has 0 aliphatic rings. The summed E-state index contributed by atoms with van der Waals surface area (Å²) in [6.07, 6.45) is 0. The molecular formula is H12Fe2O10S. The molecule has 13 heavy (non-hydrogen) atoms. The average molecular weight is 316 g/mol. The Labute approximate surface area is 95.1 Å². The minimum absolute atomic E-state index is 0. The first-order valence-electron chi connectivity index (χ1n) is 0.667. The molecule has 0 aliphatic heterocycles. The summed E-state index contributed by atoms with van der Waals surface area (Å²) < 4.78 is 34.1. The Bertz CT molecular complexity index is 96.1. The molecule has 0 saturated heterocycles. The van der Waals surface area contributed by atoms with E-state index in [4.69, 9.17) is 17.5 Å². The minimum atomic E-state index is -5.17. The van der Waals surface area contributed by atoms with Crippen LogP contribution in [0, 0.1) is 0 Å². The van der Waals surface area contributed by atoms with Gasteiger partial charge in [0.25, 0.3) is 0 Å². The maximum Gasteiger partial charge on any atom is 2.00 e. The van der Waals surface area contributed by atoms with Crippen LogP contribution in [-0.2, 0) is 44.5 Å². The molecule has 0 aromatic heterocycles. The summed E-state index contributed by atoms with van der Waals surface area (Å²) in [6, 6.07) is 0. The van der Waals surface area contributed by atoms with Gasteiger partial charge in [0.15, 0.2) is 0 Å². The van der Waals surface area contributed by atoms with Crippen LogP contribution in [0.15, 0.2) is 0 Å². The van der Waals surface area contributed by atoms with Gasteiger partial charge in [-0.1, -0.05) is 0 Å². The standard InChI is InChI=1S/2Fe.H2O4S.6H2O/c;;1-5(2,3)4;;;;;;/h;;(H2,1,2,3,4);6*1H2/q;+2;;;;;;;/p-2. The summed E-state index contributed by atoms with van der Waals surface area (Å²) in [5.74, 6) is 0. The van der Waals surface area contributed by atoms with Crippen molar-refractivity contribution in [1.29, 1.82) is 0 Å². The van der Waals surface area contributed by atoms with E-state index >= 15 is 0 Å². The van der Waals surface area contributed by atoms with Crippen LogP contribution in [0.5, 0.6) is 0 Å². The second-order valence-corrected chi connectivity index (χ2v) is 1.22. The van der Waals surface area contributed by atoms with Crippen molar-refractivity contribution in [2.45, 2.75) is 0 Å². The molecular weight excluding hydrogens is 304 g/mol. The van der Waals surface area contributed by atoms with E-state index in [1.165, 1.54) is 0 Å². The van der Waals surface area contributed by atoms with Crippen LogP contribution in [0.25, 0.3) is 0 Å². The van der Waals surface area contributed by atoms with E-state index in [1.807, 2.05) is 0 Å². The summed E-state index contributed by atoms with van der Waals surface area (Å²) in [4.78, 5) is 0. The van der Waals surface area contributed by atoms with Crippen molar-refractivity contribution in [2.75, 3.05) is 0 Å². The summed E-state index contributed by atoms with van der Waals surface area (Å²) in [5, 5.41) is 0. The van der Waals surface area contributed by atoms with Crippen LogP contribution >= 0.6 is 0 Å². The zero-order chi connectivity index (χ0) is 4.50. The molecule has 0 saturated carbocycles. The zero-order valence-corrected chi connectivity index (χ0v) is 8.77. The Balaban J connectivity index is -0.00000000286. The molecule has 0 heterocycles. The Morgan fingerprint density at radius 2 is 0.692 bits per heavy atom. The van der Waals surface area contributed by atoms with Crippen molar-refractivity contribution >= 4 is 10.4 Å². The Kier molecular flexibility index (Phi) is 300. The van der Waals surface area contributed by atoms with Gasteiger partial charge < -0.3 is 42.0 Å². The largest absolute Gasteiger partial charge is 2.00 e. The van der Waals surface area contributed by atoms with Crippen LogP contribution in [0.3, 0.4) is 0 Å². The van der Waals surface area contributed by atoms with Gasteiger partial charge in [-0.2, -0.15) is 0 Å². The molecule has 0 bridgehead atoms. The molecule has 0 aliphatic carbocycles. The van der Waals surface area contributed by atoms with Gasteiger partial charge in [-0.3, -0.25) is 8.42 Å². The molecule has 0 aromatic carbocycles. The van der Waals surface area contributed by atoms with Gasteiger partial charge in [-0.15, -0.1) is 0 Å². The third-order valence-electron chi connectivity index (χ3n) is 0. The minimum Gasteiger partial charge on any atom is -0.759 e. The maximum absolute atomic E-state index is 8.52. The van der Waals surface area contributed by atoms with E-state index in [1.54, 1.807) is 0 Å². The molecule has 94 valence electrons. The molecule has 12 N–H and O–H groups in total. The van der Waals surface area contributed by atoms with E-state index in [0.29, 0.717) is 0 Å². The SMILES string of the molecule is O.O.O.O.O.O.O=S(=O)([O-])[O-].[Fe+2].[Fe]. The number of rotatable bonds is 0. The molecule has 0 amide bonds. The van der Waals surface area contributed by atoms with Gasteiger partial charge in [0.05, 0.1) is 0 Å². The van der Waals surface area contributed by atoms with Crippen LogP contribution in [0.2, 0.25) is 0 Å². The fourth-order valence-electron chi connectivity index (χ4n) is 0. The van der Waals surface area contributed by atoms with Gasteiger partial charge in [0, 0.05) is 27.5 Å². The molecule has 0 aromatic rings. The summed E-state index contributed by atoms with van der Waals surface area (Å²) in [7, 11) is -5.17. The number of hydrogen-bond acceptors (Lipinski definition) is 4. The van der Waals surface area contributed by atoms with E-state index < -0.39 is 10.4 Å². The fourth-order valence-corrected chi connectivity index (χ4v) is 0. The average Bonchev–Trinajstić information content (AvgIpc) is 0.722. The smallest absolute Gasteiger partial charge is 0.759 e. The van der Waals surface area contributed by atoms with Gasteiger partial charge in [-0.25, -0.2) is 0 Å². The molecule has 10 nitrogen and oxygen atoms in total. The predicted molar refractivity (Wildman–Crippen MR) is 32.2 cm³/mol. The fraction of sp³-hybridized carbons (Fsp3) is 0. The molecule has 0 rings (SSSR count). The van der Waals surface area contributed by atoms with E-state index in [9.17, 15) is 0 Å². The first-order chi connectivity index (χ1) is 2.00. The first-order valence-corrected chi connectivity index (χ1v) is 2.00. The third-order valence-corrected chi connectivity index (χ3v) is 0. The monoisotopic (exact) mass is 316 g/mol. The molecule has 0 fully saturated rings. The number of hydrogen-bond donors (Lipinski definition) is 0. The second kappa shape index (κ2) is 38.8. The molecule has 0 spiro atoms. The van der Waals surface area contributed by atoms with Gasteiger partial charge in [-0.05, 0) is 0 Å². The summed E-state index contributed by atoms with van der Waals surface area (Å²) >= 11 is 0. The predicted octanol–water partition coefficient (Wildman–Crippen LogP) is -6.29. The van der Waals surface area contributed by atoms with Gasteiger partial charge in [0.1, 0.15) is 0 Å². The molecule has 13 heteroatoms. The van der Waals surface area contributed by atoms with Gasteiger partial charge >= 0.3 is 17.1 Å². The van der Waals surface area contributed by atoms with E-state index in [2.05, 4.69) is 0 Å². The zero-order valence-electron chi connectivity index (χ0n) is 5.75. The van der Waals surface area contributed by atoms with Crippen molar-refractivity contribution < 1.29 is 84.5 Å². The Morgan fingerprint density at radius 1 is 0.692 bits per heavy atom. The Morgan fingerprint density at radius 3 is 0.692 bits per heavy atom. The van der Waals surface area contributed by atoms with Crippen LogP contribution < -0.4 is 0 Å². The van der Waals surface area contributed by atoms with Crippen molar-refractivity contribution in [3.05, 3.63) is 0 Å². The van der Waals surface area contributed by atoms with Crippen molar-refractivity contribution in [3.8, 4) is 0 Å². The topological polar surface area (TPSA) is 269 Å². The first kappa shape index (κ1) is 101. The molecule has 0 unspecified atom stereocenters. The van der Waals surface area contributed by atoms with Crippen LogP contribution in [0.1, 0.15) is 0 Å². The maximum atomic E-state index is 8.52. The molecule has 0 radical (unpaired) electrons. The summed E-state index contributed by atoms with van der Waals surface area (Å²) in [6.45, 7) is 0. The normalized spacial score (nSPS) is 4.46. The van der Waals surface area contributed by atoms with Crippen molar-refractivity contribution in [1.82, 2.24) is 0 Å². The van der Waals surface area contributed by atoms with Crippen LogP contribution in [-0.4, -0.2) is 50.4 Å². The Hall–Kier alpha value is 0.669. The third kappa shape index (κ3) is 3220. The van der Waals surface area contributed by atoms with E-state index in [0.717, 1.165) is 0 Å².